The number of nitrogens with one attached hydrogen (secondary N) is 1. The maximum atomic E-state index is 12.1. The molecule has 1 aliphatic rings. The third-order valence-corrected chi connectivity index (χ3v) is 4.78. The Morgan fingerprint density at radius 1 is 1.10 bits per heavy atom. The summed E-state index contributed by atoms with van der Waals surface area (Å²) in [6.45, 7) is 0. The number of hydrogen-bond acceptors (Lipinski definition) is 8. The standard InChI is InChI=1S/C20H14ClN3O5S/c1-28-17(25)10-16-18(26)23-20(30-16)24-22-11-12-2-8-15(9-3-12)29-19(27)13-4-6-14(21)7-5-13/h2-11H,1H3,(H,23,24,26)/b16-10+,22-11?. The number of halogens is 1. The summed E-state index contributed by atoms with van der Waals surface area (Å²) in [4.78, 5) is 35.2. The summed E-state index contributed by atoms with van der Waals surface area (Å²) in [6, 6.07) is 13.0. The van der Waals surface area contributed by atoms with Crippen molar-refractivity contribution in [1.29, 1.82) is 0 Å². The summed E-state index contributed by atoms with van der Waals surface area (Å²) < 4.78 is 9.78. The van der Waals surface area contributed by atoms with Crippen molar-refractivity contribution < 1.29 is 23.9 Å². The number of nitrogens with zero attached hydrogens (tertiary/aromatic N) is 2. The fourth-order valence-electron chi connectivity index (χ4n) is 2.16. The van der Waals surface area contributed by atoms with Crippen molar-refractivity contribution in [1.82, 2.24) is 5.32 Å². The first-order chi connectivity index (χ1) is 14.4. The molecule has 3 rings (SSSR count). The number of ether oxygens (including phenoxy) is 2. The predicted octanol–water partition coefficient (Wildman–Crippen LogP) is 3.17. The van der Waals surface area contributed by atoms with Gasteiger partial charge >= 0.3 is 11.9 Å². The minimum atomic E-state index is -0.630. The molecule has 0 radical (unpaired) electrons. The Labute approximate surface area is 180 Å². The molecule has 8 nitrogen and oxygen atoms in total. The molecular formula is C20H14ClN3O5S. The van der Waals surface area contributed by atoms with E-state index >= 15 is 0 Å². The molecule has 0 saturated carbocycles. The molecule has 0 spiro atoms. The molecule has 1 amide bonds. The van der Waals surface area contributed by atoms with Crippen LogP contribution in [0.5, 0.6) is 5.75 Å². The first-order valence-corrected chi connectivity index (χ1v) is 9.62. The van der Waals surface area contributed by atoms with Crippen LogP contribution in [0.2, 0.25) is 5.02 Å². The summed E-state index contributed by atoms with van der Waals surface area (Å²) in [6.07, 6.45) is 2.54. The Morgan fingerprint density at radius 3 is 2.47 bits per heavy atom. The number of benzene rings is 2. The number of thioether (sulfide) groups is 1. The molecule has 152 valence electrons. The molecular weight excluding hydrogens is 430 g/mol. The lowest BCUT2D eigenvalue weighted by Crippen LogP contribution is -2.19. The topological polar surface area (TPSA) is 106 Å². The molecule has 10 heteroatoms. The highest BCUT2D eigenvalue weighted by Crippen LogP contribution is 2.23. The van der Waals surface area contributed by atoms with Gasteiger partial charge in [-0.25, -0.2) is 9.59 Å². The van der Waals surface area contributed by atoms with E-state index in [9.17, 15) is 14.4 Å². The summed E-state index contributed by atoms with van der Waals surface area (Å²) in [7, 11) is 1.22. The van der Waals surface area contributed by atoms with Gasteiger partial charge in [0, 0.05) is 11.1 Å². The van der Waals surface area contributed by atoms with Gasteiger partial charge in [0.2, 0.25) is 0 Å². The van der Waals surface area contributed by atoms with Crippen LogP contribution in [0.25, 0.3) is 0 Å². The lowest BCUT2D eigenvalue weighted by Gasteiger charge is -2.04. The number of methoxy groups -OCH3 is 1. The van der Waals surface area contributed by atoms with Gasteiger partial charge in [-0.05, 0) is 65.9 Å². The van der Waals surface area contributed by atoms with Gasteiger partial charge in [-0.2, -0.15) is 5.10 Å². The monoisotopic (exact) mass is 443 g/mol. The number of hydrogen-bond donors (Lipinski definition) is 1. The van der Waals surface area contributed by atoms with Gasteiger partial charge in [-0.15, -0.1) is 5.10 Å². The second-order valence-electron chi connectivity index (χ2n) is 5.70. The molecule has 1 saturated heterocycles. The third kappa shape index (κ3) is 5.79. The lowest BCUT2D eigenvalue weighted by atomic mass is 10.2. The first kappa shape index (κ1) is 21.3. The molecule has 2 aromatic carbocycles. The van der Waals surface area contributed by atoms with Crippen LogP contribution in [0, 0.1) is 0 Å². The third-order valence-electron chi connectivity index (χ3n) is 3.63. The van der Waals surface area contributed by atoms with Crippen molar-refractivity contribution in [3.63, 3.8) is 0 Å². The molecule has 1 heterocycles. The van der Waals surface area contributed by atoms with Gasteiger partial charge in [0.15, 0.2) is 5.17 Å². The van der Waals surface area contributed by atoms with Crippen molar-refractivity contribution in [2.75, 3.05) is 7.11 Å². The maximum absolute atomic E-state index is 12.1. The number of carbonyl (C=O) groups is 3. The Kier molecular flexibility index (Phi) is 6.99. The molecule has 1 aliphatic heterocycles. The largest absolute Gasteiger partial charge is 0.466 e. The summed E-state index contributed by atoms with van der Waals surface area (Å²) in [5.74, 6) is -1.21. The maximum Gasteiger partial charge on any atom is 0.343 e. The summed E-state index contributed by atoms with van der Waals surface area (Å²) >= 11 is 6.78. The zero-order chi connectivity index (χ0) is 21.5. The number of carbonyl (C=O) groups excluding carboxylic acids is 3. The molecule has 0 atom stereocenters. The number of esters is 2. The Hall–Kier alpha value is -3.43. The van der Waals surface area contributed by atoms with Crippen molar-refractivity contribution in [3.05, 3.63) is 75.7 Å². The molecule has 0 bridgehead atoms. The van der Waals surface area contributed by atoms with Crippen LogP contribution in [-0.2, 0) is 14.3 Å². The van der Waals surface area contributed by atoms with Gasteiger partial charge in [0.25, 0.3) is 5.91 Å². The normalized spacial score (nSPS) is 16.1. The average molecular weight is 444 g/mol. The van der Waals surface area contributed by atoms with Crippen LogP contribution in [-0.4, -0.2) is 36.3 Å². The second-order valence-corrected chi connectivity index (χ2v) is 7.17. The van der Waals surface area contributed by atoms with Gasteiger partial charge in [0.1, 0.15) is 5.75 Å². The molecule has 30 heavy (non-hydrogen) atoms. The van der Waals surface area contributed by atoms with Crippen molar-refractivity contribution >= 4 is 52.6 Å². The SMILES string of the molecule is COC(=O)/C=C1/S/C(=N\N=Cc2ccc(OC(=O)c3ccc(Cl)cc3)cc2)NC1=O. The first-order valence-electron chi connectivity index (χ1n) is 8.42. The number of rotatable bonds is 5. The second kappa shape index (κ2) is 9.86. The van der Waals surface area contributed by atoms with Gasteiger partial charge < -0.3 is 9.47 Å². The van der Waals surface area contributed by atoms with Crippen molar-refractivity contribution in [2.24, 2.45) is 10.2 Å². The van der Waals surface area contributed by atoms with Gasteiger partial charge in [0.05, 0.1) is 23.8 Å². The Bertz CT molecular complexity index is 1060. The highest BCUT2D eigenvalue weighted by atomic mass is 35.5. The van der Waals surface area contributed by atoms with Gasteiger partial charge in [-0.1, -0.05) is 11.6 Å². The zero-order valence-electron chi connectivity index (χ0n) is 15.5. The molecule has 0 aromatic heterocycles. The zero-order valence-corrected chi connectivity index (χ0v) is 17.1. The Balaban J connectivity index is 1.58. The number of amides is 1. The average Bonchev–Trinajstić information content (AvgIpc) is 3.08. The van der Waals surface area contributed by atoms with Crippen LogP contribution in [0.3, 0.4) is 0 Å². The molecule has 1 N–H and O–H groups in total. The molecule has 0 unspecified atom stereocenters. The smallest absolute Gasteiger partial charge is 0.343 e. The lowest BCUT2D eigenvalue weighted by molar-refractivity contribution is -0.135. The van der Waals surface area contributed by atoms with Gasteiger partial charge in [-0.3, -0.25) is 10.1 Å². The summed E-state index contributed by atoms with van der Waals surface area (Å²) in [5, 5.41) is 11.1. The predicted molar refractivity (Wildman–Crippen MR) is 114 cm³/mol. The van der Waals surface area contributed by atoms with E-state index in [0.29, 0.717) is 21.9 Å². The van der Waals surface area contributed by atoms with Crippen LogP contribution in [0.1, 0.15) is 15.9 Å². The fraction of sp³-hybridized carbons (Fsp3) is 0.0500. The van der Waals surface area contributed by atoms with E-state index in [4.69, 9.17) is 16.3 Å². The van der Waals surface area contributed by atoms with E-state index in [1.807, 2.05) is 0 Å². The molecule has 0 aliphatic carbocycles. The van der Waals surface area contributed by atoms with Crippen LogP contribution >= 0.6 is 23.4 Å². The van der Waals surface area contributed by atoms with Crippen LogP contribution < -0.4 is 10.1 Å². The van der Waals surface area contributed by atoms with E-state index in [1.165, 1.54) is 13.3 Å². The highest BCUT2D eigenvalue weighted by Gasteiger charge is 2.24. The number of amidine groups is 1. The Morgan fingerprint density at radius 2 is 1.80 bits per heavy atom. The summed E-state index contributed by atoms with van der Waals surface area (Å²) in [5.41, 5.74) is 1.09. The minimum Gasteiger partial charge on any atom is -0.466 e. The minimum absolute atomic E-state index is 0.169. The highest BCUT2D eigenvalue weighted by molar-refractivity contribution is 8.18. The molecule has 1 fully saturated rings. The van der Waals surface area contributed by atoms with E-state index in [2.05, 4.69) is 20.3 Å². The van der Waals surface area contributed by atoms with Crippen LogP contribution in [0.4, 0.5) is 0 Å². The van der Waals surface area contributed by atoms with Crippen molar-refractivity contribution in [3.8, 4) is 5.75 Å². The quantitative estimate of drug-likeness (QED) is 0.250. The van der Waals surface area contributed by atoms with E-state index in [1.54, 1.807) is 48.5 Å². The van der Waals surface area contributed by atoms with E-state index in [0.717, 1.165) is 17.8 Å². The van der Waals surface area contributed by atoms with E-state index in [-0.39, 0.29) is 10.1 Å². The van der Waals surface area contributed by atoms with Crippen LogP contribution in [0.15, 0.2) is 69.7 Å². The molecule has 2 aromatic rings. The fourth-order valence-corrected chi connectivity index (χ4v) is 3.03. The van der Waals surface area contributed by atoms with Crippen molar-refractivity contribution in [2.45, 2.75) is 0 Å². The van der Waals surface area contributed by atoms with E-state index < -0.39 is 17.8 Å².